The van der Waals surface area contributed by atoms with Crippen LogP contribution in [0.15, 0.2) is 54.8 Å². The van der Waals surface area contributed by atoms with Gasteiger partial charge in [-0.15, -0.1) is 0 Å². The van der Waals surface area contributed by atoms with Crippen LogP contribution in [0.1, 0.15) is 53.5 Å². The molecule has 0 radical (unpaired) electrons. The summed E-state index contributed by atoms with van der Waals surface area (Å²) in [5.41, 5.74) is -2.10. The van der Waals surface area contributed by atoms with Gasteiger partial charge in [0.05, 0.1) is 5.41 Å². The molecular formula is C28H38F3N3O4. The fourth-order valence-corrected chi connectivity index (χ4v) is 3.81. The lowest BCUT2D eigenvalue weighted by Crippen LogP contribution is -2.55. The zero-order valence-corrected chi connectivity index (χ0v) is 22.9. The van der Waals surface area contributed by atoms with E-state index in [2.05, 4.69) is 16.9 Å². The number of alkyl halides is 3. The Labute approximate surface area is 222 Å². The number of pyridine rings is 1. The number of ether oxygens (including phenoxy) is 2. The highest BCUT2D eigenvalue weighted by Crippen LogP contribution is 2.35. The Kier molecular flexibility index (Phi) is 10.2. The number of rotatable bonds is 8. The maximum Gasteiger partial charge on any atom is 0.421 e. The van der Waals surface area contributed by atoms with Crippen LogP contribution in [-0.4, -0.2) is 53.2 Å². The highest BCUT2D eigenvalue weighted by atomic mass is 19.4. The first kappa shape index (κ1) is 30.9. The van der Waals surface area contributed by atoms with Crippen molar-refractivity contribution >= 4 is 12.0 Å². The Hall–Kier alpha value is -3.30. The summed E-state index contributed by atoms with van der Waals surface area (Å²) < 4.78 is 50.8. The first-order chi connectivity index (χ1) is 17.5. The van der Waals surface area contributed by atoms with Gasteiger partial charge in [-0.2, -0.15) is 13.2 Å². The fraction of sp³-hybridized carbons (Fsp3) is 0.536. The van der Waals surface area contributed by atoms with Gasteiger partial charge in [-0.25, -0.2) is 9.78 Å². The van der Waals surface area contributed by atoms with Crippen LogP contribution in [0.25, 0.3) is 0 Å². The first-order valence-electron chi connectivity index (χ1n) is 12.5. The number of nitrogens with zero attached hydrogens (tertiary/aromatic N) is 2. The zero-order valence-electron chi connectivity index (χ0n) is 22.9. The number of allylic oxidation sites excluding steroid dienone is 4. The maximum absolute atomic E-state index is 13.3. The second-order valence-corrected chi connectivity index (χ2v) is 10.9. The molecule has 1 aromatic rings. The highest BCUT2D eigenvalue weighted by Gasteiger charge is 2.39. The van der Waals surface area contributed by atoms with E-state index in [1.165, 1.54) is 12.3 Å². The molecular weight excluding hydrogens is 499 g/mol. The van der Waals surface area contributed by atoms with Crippen LogP contribution in [0.3, 0.4) is 0 Å². The number of carbonyl (C=O) groups is 2. The van der Waals surface area contributed by atoms with Crippen LogP contribution in [0.2, 0.25) is 0 Å². The quantitative estimate of drug-likeness (QED) is 0.416. The van der Waals surface area contributed by atoms with Crippen LogP contribution in [0.4, 0.5) is 18.0 Å². The second kappa shape index (κ2) is 12.5. The average molecular weight is 538 g/mol. The number of hydrogen-bond acceptors (Lipinski definition) is 5. The molecule has 0 aromatic carbocycles. The van der Waals surface area contributed by atoms with Gasteiger partial charge >= 0.3 is 12.3 Å². The molecule has 1 N–H and O–H groups in total. The van der Waals surface area contributed by atoms with E-state index in [1.807, 2.05) is 31.2 Å². The molecule has 0 aliphatic carbocycles. The van der Waals surface area contributed by atoms with Crippen molar-refractivity contribution in [3.63, 3.8) is 0 Å². The van der Waals surface area contributed by atoms with Crippen LogP contribution < -0.4 is 10.1 Å². The summed E-state index contributed by atoms with van der Waals surface area (Å²) >= 11 is 0. The Bertz CT molecular complexity index is 1060. The topological polar surface area (TPSA) is 80.8 Å². The average Bonchev–Trinajstić information content (AvgIpc) is 2.81. The van der Waals surface area contributed by atoms with Gasteiger partial charge in [0.1, 0.15) is 17.8 Å². The third kappa shape index (κ3) is 8.92. The van der Waals surface area contributed by atoms with E-state index in [0.717, 1.165) is 11.6 Å². The summed E-state index contributed by atoms with van der Waals surface area (Å²) in [7, 11) is 0. The largest absolute Gasteiger partial charge is 0.476 e. The molecule has 0 saturated carbocycles. The first-order valence-corrected chi connectivity index (χ1v) is 12.5. The SMILES string of the molecule is C=C(/C=C\C=C/C)[C@@H]1CN(C(=O)OC(C)(C)C)CC[C@H]1NC(=O)C(C)(C)COc1ncccc1C(F)(F)F. The molecule has 2 atom stereocenters. The number of hydrogen-bond donors (Lipinski definition) is 1. The normalized spacial score (nSPS) is 19.0. The van der Waals surface area contributed by atoms with Crippen molar-refractivity contribution in [1.29, 1.82) is 0 Å². The van der Waals surface area contributed by atoms with Crippen molar-refractivity contribution in [3.05, 3.63) is 60.3 Å². The Morgan fingerprint density at radius 3 is 2.50 bits per heavy atom. The molecule has 1 saturated heterocycles. The third-order valence-electron chi connectivity index (χ3n) is 5.93. The number of nitrogens with one attached hydrogen (secondary N) is 1. The minimum absolute atomic E-state index is 0.290. The maximum atomic E-state index is 13.3. The van der Waals surface area contributed by atoms with E-state index in [-0.39, 0.29) is 18.6 Å². The van der Waals surface area contributed by atoms with E-state index in [1.54, 1.807) is 39.5 Å². The fourth-order valence-electron chi connectivity index (χ4n) is 3.81. The molecule has 10 heteroatoms. The predicted octanol–water partition coefficient (Wildman–Crippen LogP) is 5.94. The van der Waals surface area contributed by atoms with E-state index < -0.39 is 40.6 Å². The van der Waals surface area contributed by atoms with Gasteiger partial charge in [-0.1, -0.05) is 30.9 Å². The Balaban J connectivity index is 2.16. The zero-order chi connectivity index (χ0) is 28.7. The van der Waals surface area contributed by atoms with E-state index in [4.69, 9.17) is 9.47 Å². The third-order valence-corrected chi connectivity index (χ3v) is 5.93. The van der Waals surface area contributed by atoms with Crippen molar-refractivity contribution in [2.45, 2.75) is 65.8 Å². The van der Waals surface area contributed by atoms with Gasteiger partial charge < -0.3 is 19.7 Å². The minimum Gasteiger partial charge on any atom is -0.476 e. The van der Waals surface area contributed by atoms with E-state index in [0.29, 0.717) is 19.5 Å². The van der Waals surface area contributed by atoms with Crippen LogP contribution in [-0.2, 0) is 15.7 Å². The number of amides is 2. The van der Waals surface area contributed by atoms with Crippen molar-refractivity contribution in [3.8, 4) is 5.88 Å². The predicted molar refractivity (Wildman–Crippen MR) is 139 cm³/mol. The molecule has 7 nitrogen and oxygen atoms in total. The van der Waals surface area contributed by atoms with E-state index >= 15 is 0 Å². The molecule has 0 spiro atoms. The molecule has 0 bridgehead atoms. The molecule has 2 heterocycles. The van der Waals surface area contributed by atoms with Crippen molar-refractivity contribution in [2.24, 2.45) is 11.3 Å². The van der Waals surface area contributed by atoms with Gasteiger partial charge in [-0.3, -0.25) is 4.79 Å². The highest BCUT2D eigenvalue weighted by molar-refractivity contribution is 5.82. The summed E-state index contributed by atoms with van der Waals surface area (Å²) in [5.74, 6) is -1.27. The van der Waals surface area contributed by atoms with Gasteiger partial charge in [-0.05, 0) is 65.7 Å². The van der Waals surface area contributed by atoms with Crippen LogP contribution >= 0.6 is 0 Å². The summed E-state index contributed by atoms with van der Waals surface area (Å²) in [6, 6.07) is 1.70. The lowest BCUT2D eigenvalue weighted by atomic mass is 9.84. The molecule has 2 amide bonds. The second-order valence-electron chi connectivity index (χ2n) is 10.9. The van der Waals surface area contributed by atoms with Gasteiger partial charge in [0.25, 0.3) is 0 Å². The molecule has 38 heavy (non-hydrogen) atoms. The lowest BCUT2D eigenvalue weighted by molar-refractivity contribution is -0.139. The molecule has 1 aromatic heterocycles. The van der Waals surface area contributed by atoms with Crippen molar-refractivity contribution in [1.82, 2.24) is 15.2 Å². The van der Waals surface area contributed by atoms with Gasteiger partial charge in [0, 0.05) is 31.2 Å². The number of piperidine rings is 1. The lowest BCUT2D eigenvalue weighted by Gasteiger charge is -2.40. The van der Waals surface area contributed by atoms with Gasteiger partial charge in [0.15, 0.2) is 0 Å². The molecule has 210 valence electrons. The Morgan fingerprint density at radius 2 is 1.89 bits per heavy atom. The summed E-state index contributed by atoms with van der Waals surface area (Å²) in [6.07, 6.45) is 3.95. The molecule has 0 unspecified atom stereocenters. The molecule has 1 fully saturated rings. The summed E-state index contributed by atoms with van der Waals surface area (Å²) in [4.78, 5) is 31.3. The number of likely N-dealkylation sites (tertiary alicyclic amines) is 1. The standard InChI is InChI=1S/C28H38F3N3O4/c1-8-9-10-12-19(2)20-17-34(25(36)38-26(3,4)5)16-14-22(20)33-24(35)27(6,7)18-37-23-21(28(29,30)31)13-11-15-32-23/h8-13,15,20,22H,2,14,16-18H2,1,3-7H3,(H,33,35)/b9-8-,12-10-/t20-,22+/m0/s1. The molecule has 2 rings (SSSR count). The van der Waals surface area contributed by atoms with Crippen molar-refractivity contribution in [2.75, 3.05) is 19.7 Å². The van der Waals surface area contributed by atoms with Gasteiger partial charge in [0.2, 0.25) is 11.8 Å². The number of halogens is 3. The van der Waals surface area contributed by atoms with E-state index in [9.17, 15) is 22.8 Å². The monoisotopic (exact) mass is 537 g/mol. The van der Waals surface area contributed by atoms with Crippen molar-refractivity contribution < 1.29 is 32.2 Å². The molecule has 1 aliphatic rings. The van der Waals surface area contributed by atoms with Crippen LogP contribution in [0.5, 0.6) is 5.88 Å². The number of carbonyl (C=O) groups excluding carboxylic acids is 2. The smallest absolute Gasteiger partial charge is 0.421 e. The summed E-state index contributed by atoms with van der Waals surface area (Å²) in [5, 5.41) is 3.02. The minimum atomic E-state index is -4.63. The summed E-state index contributed by atoms with van der Waals surface area (Å²) in [6.45, 7) is 14.9. The van der Waals surface area contributed by atoms with Crippen LogP contribution in [0, 0.1) is 11.3 Å². The molecule has 1 aliphatic heterocycles. The Morgan fingerprint density at radius 1 is 1.21 bits per heavy atom. The number of aromatic nitrogens is 1.